The molecule has 0 heterocycles. The second kappa shape index (κ2) is 10.6. The molecule has 1 aliphatic rings. The minimum Gasteiger partial charge on any atom is -0.496 e. The van der Waals surface area contributed by atoms with Crippen molar-refractivity contribution < 1.29 is 14.2 Å². The number of ether oxygens (including phenoxy) is 3. The molecule has 0 bridgehead atoms. The van der Waals surface area contributed by atoms with Crippen LogP contribution in [0.4, 0.5) is 5.69 Å². The SMILES string of the molecule is CCNC(=NCC1(c2ccccc2OC)CC1)Nc1ccc(OC)c(OC)c1.I. The Kier molecular flexibility index (Phi) is 8.43. The third-order valence-electron chi connectivity index (χ3n) is 5.06. The molecule has 0 spiro atoms. The highest BCUT2D eigenvalue weighted by molar-refractivity contribution is 14.0. The van der Waals surface area contributed by atoms with E-state index in [1.54, 1.807) is 21.3 Å². The Labute approximate surface area is 190 Å². The van der Waals surface area contributed by atoms with Gasteiger partial charge in [0.15, 0.2) is 17.5 Å². The number of guanidine groups is 1. The molecule has 0 atom stereocenters. The van der Waals surface area contributed by atoms with Gasteiger partial charge in [-0.3, -0.25) is 4.99 Å². The lowest BCUT2D eigenvalue weighted by atomic mass is 9.95. The topological polar surface area (TPSA) is 64.1 Å². The molecule has 3 rings (SSSR count). The quantitative estimate of drug-likeness (QED) is 0.312. The first-order valence-corrected chi connectivity index (χ1v) is 9.56. The minimum atomic E-state index is 0. The zero-order chi connectivity index (χ0) is 20.0. The van der Waals surface area contributed by atoms with Gasteiger partial charge in [0.05, 0.1) is 27.9 Å². The van der Waals surface area contributed by atoms with Crippen LogP contribution in [0.3, 0.4) is 0 Å². The van der Waals surface area contributed by atoms with Gasteiger partial charge in [-0.25, -0.2) is 0 Å². The van der Waals surface area contributed by atoms with Crippen molar-refractivity contribution in [3.63, 3.8) is 0 Å². The van der Waals surface area contributed by atoms with Crippen LogP contribution in [0.1, 0.15) is 25.3 Å². The number of nitrogens with one attached hydrogen (secondary N) is 2. The van der Waals surface area contributed by atoms with Crippen molar-refractivity contribution in [2.45, 2.75) is 25.2 Å². The number of hydrogen-bond donors (Lipinski definition) is 2. The Morgan fingerprint density at radius 1 is 0.966 bits per heavy atom. The maximum absolute atomic E-state index is 5.56. The van der Waals surface area contributed by atoms with Crippen LogP contribution in [0.25, 0.3) is 0 Å². The number of nitrogens with zero attached hydrogens (tertiary/aromatic N) is 1. The fourth-order valence-corrected chi connectivity index (χ4v) is 3.33. The number of halogens is 1. The number of anilines is 1. The molecule has 1 fully saturated rings. The van der Waals surface area contributed by atoms with Crippen molar-refractivity contribution in [3.05, 3.63) is 48.0 Å². The highest BCUT2D eigenvalue weighted by Crippen LogP contribution is 2.51. The Balaban J connectivity index is 0.00000300. The number of hydrogen-bond acceptors (Lipinski definition) is 4. The van der Waals surface area contributed by atoms with E-state index in [-0.39, 0.29) is 29.4 Å². The number of rotatable bonds is 8. The first kappa shape index (κ1) is 23.1. The lowest BCUT2D eigenvalue weighted by Gasteiger charge is -2.18. The molecule has 0 unspecified atom stereocenters. The molecule has 2 N–H and O–H groups in total. The maximum Gasteiger partial charge on any atom is 0.195 e. The van der Waals surface area contributed by atoms with Gasteiger partial charge in [0.1, 0.15) is 5.75 Å². The third kappa shape index (κ3) is 5.46. The standard InChI is InChI=1S/C22H29N3O3.HI/c1-5-23-21(25-16-10-11-19(27-3)20(14-16)28-4)24-15-22(12-13-22)17-8-6-7-9-18(17)26-2;/h6-11,14H,5,12-13,15H2,1-4H3,(H2,23,24,25);1H. The summed E-state index contributed by atoms with van der Waals surface area (Å²) < 4.78 is 16.3. The van der Waals surface area contributed by atoms with Gasteiger partial charge in [0.25, 0.3) is 0 Å². The van der Waals surface area contributed by atoms with E-state index in [0.29, 0.717) is 18.0 Å². The number of methoxy groups -OCH3 is 3. The predicted molar refractivity (Wildman–Crippen MR) is 128 cm³/mol. The average Bonchev–Trinajstić information content (AvgIpc) is 3.53. The van der Waals surface area contributed by atoms with Crippen molar-refractivity contribution in [2.75, 3.05) is 39.7 Å². The van der Waals surface area contributed by atoms with E-state index >= 15 is 0 Å². The van der Waals surface area contributed by atoms with Crippen LogP contribution in [-0.4, -0.2) is 40.4 Å². The van der Waals surface area contributed by atoms with Crippen LogP contribution in [-0.2, 0) is 5.41 Å². The summed E-state index contributed by atoms with van der Waals surface area (Å²) in [5.41, 5.74) is 2.19. The monoisotopic (exact) mass is 511 g/mol. The molecule has 158 valence electrons. The van der Waals surface area contributed by atoms with Crippen LogP contribution in [0.5, 0.6) is 17.2 Å². The summed E-state index contributed by atoms with van der Waals surface area (Å²) in [6, 6.07) is 14.0. The van der Waals surface area contributed by atoms with Crippen LogP contribution >= 0.6 is 24.0 Å². The van der Waals surface area contributed by atoms with E-state index in [1.807, 2.05) is 30.3 Å². The molecular formula is C22H30IN3O3. The van der Waals surface area contributed by atoms with Crippen LogP contribution in [0, 0.1) is 0 Å². The van der Waals surface area contributed by atoms with Crippen molar-refractivity contribution >= 4 is 35.6 Å². The summed E-state index contributed by atoms with van der Waals surface area (Å²) >= 11 is 0. The second-order valence-corrected chi connectivity index (χ2v) is 6.87. The van der Waals surface area contributed by atoms with Crippen LogP contribution in [0.15, 0.2) is 47.5 Å². The maximum atomic E-state index is 5.56. The van der Waals surface area contributed by atoms with E-state index in [1.165, 1.54) is 5.56 Å². The Morgan fingerprint density at radius 2 is 1.66 bits per heavy atom. The lowest BCUT2D eigenvalue weighted by Crippen LogP contribution is -2.31. The summed E-state index contributed by atoms with van der Waals surface area (Å²) in [6.45, 7) is 3.54. The third-order valence-corrected chi connectivity index (χ3v) is 5.06. The van der Waals surface area contributed by atoms with Crippen LogP contribution in [0.2, 0.25) is 0 Å². The van der Waals surface area contributed by atoms with E-state index in [4.69, 9.17) is 19.2 Å². The molecule has 0 aromatic heterocycles. The van der Waals surface area contributed by atoms with Gasteiger partial charge in [0.2, 0.25) is 0 Å². The van der Waals surface area contributed by atoms with E-state index in [2.05, 4.69) is 29.7 Å². The summed E-state index contributed by atoms with van der Waals surface area (Å²) in [7, 11) is 4.98. The molecule has 0 saturated heterocycles. The van der Waals surface area contributed by atoms with Gasteiger partial charge in [-0.2, -0.15) is 0 Å². The highest BCUT2D eigenvalue weighted by atomic mass is 127. The fourth-order valence-electron chi connectivity index (χ4n) is 3.33. The predicted octanol–water partition coefficient (Wildman–Crippen LogP) is 4.44. The van der Waals surface area contributed by atoms with Crippen molar-refractivity contribution in [1.29, 1.82) is 0 Å². The van der Waals surface area contributed by atoms with Gasteiger partial charge >= 0.3 is 0 Å². The molecule has 6 nitrogen and oxygen atoms in total. The van der Waals surface area contributed by atoms with Gasteiger partial charge in [-0.15, -0.1) is 24.0 Å². The number of para-hydroxylation sites is 1. The zero-order valence-corrected chi connectivity index (χ0v) is 19.8. The Bertz CT molecular complexity index is 838. The van der Waals surface area contributed by atoms with Crippen LogP contribution < -0.4 is 24.8 Å². The molecule has 2 aromatic carbocycles. The molecule has 2 aromatic rings. The smallest absolute Gasteiger partial charge is 0.195 e. The first-order chi connectivity index (χ1) is 13.7. The summed E-state index contributed by atoms with van der Waals surface area (Å²) in [5, 5.41) is 6.67. The highest BCUT2D eigenvalue weighted by Gasteiger charge is 2.46. The minimum absolute atomic E-state index is 0. The lowest BCUT2D eigenvalue weighted by molar-refractivity contribution is 0.355. The average molecular weight is 511 g/mol. The van der Waals surface area contributed by atoms with Crippen molar-refractivity contribution in [2.24, 2.45) is 4.99 Å². The molecular weight excluding hydrogens is 481 g/mol. The van der Waals surface area contributed by atoms with Gasteiger partial charge < -0.3 is 24.8 Å². The zero-order valence-electron chi connectivity index (χ0n) is 17.5. The molecule has 1 saturated carbocycles. The molecule has 29 heavy (non-hydrogen) atoms. The van der Waals surface area contributed by atoms with Crippen molar-refractivity contribution in [3.8, 4) is 17.2 Å². The first-order valence-electron chi connectivity index (χ1n) is 9.56. The Hall–Kier alpha value is -2.16. The fraction of sp³-hybridized carbons (Fsp3) is 0.409. The van der Waals surface area contributed by atoms with Gasteiger partial charge in [-0.05, 0) is 38.0 Å². The molecule has 0 radical (unpaired) electrons. The molecule has 7 heteroatoms. The molecule has 1 aliphatic carbocycles. The number of aliphatic imine (C=N–C) groups is 1. The summed E-state index contributed by atoms with van der Waals surface area (Å²) in [5.74, 6) is 3.06. The van der Waals surface area contributed by atoms with E-state index < -0.39 is 0 Å². The molecule has 0 amide bonds. The Morgan fingerprint density at radius 3 is 2.28 bits per heavy atom. The second-order valence-electron chi connectivity index (χ2n) is 6.87. The number of benzene rings is 2. The molecule has 0 aliphatic heterocycles. The van der Waals surface area contributed by atoms with Gasteiger partial charge in [0, 0.05) is 29.3 Å². The van der Waals surface area contributed by atoms with Crippen molar-refractivity contribution in [1.82, 2.24) is 5.32 Å². The van der Waals surface area contributed by atoms with E-state index in [9.17, 15) is 0 Å². The van der Waals surface area contributed by atoms with E-state index in [0.717, 1.165) is 36.8 Å². The largest absolute Gasteiger partial charge is 0.496 e. The summed E-state index contributed by atoms with van der Waals surface area (Å²) in [6.07, 6.45) is 2.24. The van der Waals surface area contributed by atoms with Gasteiger partial charge in [-0.1, -0.05) is 18.2 Å². The summed E-state index contributed by atoms with van der Waals surface area (Å²) in [4.78, 5) is 4.86. The normalized spacial score (nSPS) is 14.4.